The predicted molar refractivity (Wildman–Crippen MR) is 96.5 cm³/mol. The van der Waals surface area contributed by atoms with E-state index in [0.29, 0.717) is 44.3 Å². The zero-order chi connectivity index (χ0) is 18.9. The van der Waals surface area contributed by atoms with Crippen molar-refractivity contribution in [3.05, 3.63) is 41.5 Å². The molecule has 0 radical (unpaired) electrons. The third kappa shape index (κ3) is 5.21. The maximum Gasteiger partial charge on any atom is 0.251 e. The molecular weight excluding hydrogens is 339 g/mol. The topological polar surface area (TPSA) is 99.4 Å². The maximum absolute atomic E-state index is 13.7. The van der Waals surface area contributed by atoms with Crippen molar-refractivity contribution in [2.75, 3.05) is 38.8 Å². The van der Waals surface area contributed by atoms with E-state index in [1.165, 1.54) is 12.1 Å². The highest BCUT2D eigenvalue weighted by atomic mass is 19.1. The fraction of sp³-hybridized carbons (Fsp3) is 0.389. The molecule has 0 fully saturated rings. The number of benzene rings is 1. The van der Waals surface area contributed by atoms with Crippen LogP contribution in [0.4, 0.5) is 10.3 Å². The Labute approximate surface area is 151 Å². The van der Waals surface area contributed by atoms with Crippen LogP contribution in [0.2, 0.25) is 0 Å². The summed E-state index contributed by atoms with van der Waals surface area (Å²) < 4.78 is 23.9. The van der Waals surface area contributed by atoms with Crippen molar-refractivity contribution >= 4 is 11.9 Å². The summed E-state index contributed by atoms with van der Waals surface area (Å²) in [4.78, 5) is 20.1. The molecule has 0 saturated heterocycles. The van der Waals surface area contributed by atoms with Crippen molar-refractivity contribution in [1.29, 1.82) is 0 Å². The van der Waals surface area contributed by atoms with E-state index in [0.717, 1.165) is 11.3 Å². The van der Waals surface area contributed by atoms with Gasteiger partial charge in [-0.3, -0.25) is 4.79 Å². The fourth-order valence-corrected chi connectivity index (χ4v) is 2.37. The van der Waals surface area contributed by atoms with Crippen LogP contribution in [0.1, 0.15) is 23.0 Å². The smallest absolute Gasteiger partial charge is 0.251 e. The van der Waals surface area contributed by atoms with Crippen LogP contribution in [-0.2, 0) is 15.9 Å². The molecule has 1 aromatic heterocycles. The van der Waals surface area contributed by atoms with Crippen LogP contribution in [0, 0.1) is 5.82 Å². The number of halogens is 1. The van der Waals surface area contributed by atoms with Gasteiger partial charge in [0.05, 0.1) is 31.1 Å². The molecule has 1 aromatic carbocycles. The normalized spacial score (nSPS) is 10.7. The van der Waals surface area contributed by atoms with Crippen LogP contribution in [0.15, 0.2) is 24.4 Å². The Hall–Kier alpha value is -2.58. The number of hydrogen-bond donors (Lipinski definition) is 2. The van der Waals surface area contributed by atoms with Gasteiger partial charge >= 0.3 is 0 Å². The number of anilines is 1. The van der Waals surface area contributed by atoms with Crippen molar-refractivity contribution in [1.82, 2.24) is 9.97 Å². The molecule has 0 spiro atoms. The van der Waals surface area contributed by atoms with Crippen molar-refractivity contribution in [2.24, 2.45) is 5.73 Å². The minimum absolute atomic E-state index is 0.153. The summed E-state index contributed by atoms with van der Waals surface area (Å²) in [6.07, 6.45) is 2.30. The number of carbonyl (C=O) groups is 1. The van der Waals surface area contributed by atoms with Gasteiger partial charge in [0.1, 0.15) is 5.82 Å². The number of ether oxygens (including phenoxy) is 2. The summed E-state index contributed by atoms with van der Waals surface area (Å²) in [5.74, 6) is -0.972. The number of hydrogen-bond acceptors (Lipinski definition) is 6. The lowest BCUT2D eigenvalue weighted by Gasteiger charge is -2.11. The molecule has 0 atom stereocenters. The lowest BCUT2D eigenvalue weighted by atomic mass is 10.0. The number of methoxy groups -OCH3 is 1. The second kappa shape index (κ2) is 9.79. The van der Waals surface area contributed by atoms with Gasteiger partial charge in [0.25, 0.3) is 5.91 Å². The molecule has 0 saturated carbocycles. The summed E-state index contributed by atoms with van der Waals surface area (Å²) in [6.45, 7) is 4.12. The first kappa shape index (κ1) is 19.7. The molecule has 0 unspecified atom stereocenters. The Morgan fingerprint density at radius 2 is 2.12 bits per heavy atom. The van der Waals surface area contributed by atoms with E-state index in [2.05, 4.69) is 15.3 Å². The molecule has 26 heavy (non-hydrogen) atoms. The first-order valence-corrected chi connectivity index (χ1v) is 8.33. The van der Waals surface area contributed by atoms with E-state index in [9.17, 15) is 9.18 Å². The largest absolute Gasteiger partial charge is 0.382 e. The van der Waals surface area contributed by atoms with Crippen LogP contribution in [0.5, 0.6) is 0 Å². The summed E-state index contributed by atoms with van der Waals surface area (Å²) in [5.41, 5.74) is 7.22. The number of rotatable bonds is 10. The molecule has 140 valence electrons. The van der Waals surface area contributed by atoms with Gasteiger partial charge in [-0.2, -0.15) is 0 Å². The third-order valence-corrected chi connectivity index (χ3v) is 3.71. The molecule has 7 nitrogen and oxygen atoms in total. The zero-order valence-corrected chi connectivity index (χ0v) is 14.9. The van der Waals surface area contributed by atoms with Gasteiger partial charge in [0.15, 0.2) is 0 Å². The van der Waals surface area contributed by atoms with Gasteiger partial charge in [-0.1, -0.05) is 13.0 Å². The van der Waals surface area contributed by atoms with E-state index < -0.39 is 11.7 Å². The van der Waals surface area contributed by atoms with Crippen LogP contribution >= 0.6 is 0 Å². The number of carbonyl (C=O) groups excluding carboxylic acids is 1. The van der Waals surface area contributed by atoms with Crippen LogP contribution in [0.3, 0.4) is 0 Å². The average molecular weight is 362 g/mol. The number of amides is 1. The van der Waals surface area contributed by atoms with Gasteiger partial charge < -0.3 is 20.5 Å². The van der Waals surface area contributed by atoms with Crippen molar-refractivity contribution < 1.29 is 18.7 Å². The number of nitrogens with zero attached hydrogens (tertiary/aromatic N) is 2. The van der Waals surface area contributed by atoms with Crippen LogP contribution < -0.4 is 11.1 Å². The molecule has 0 aliphatic carbocycles. The Bertz CT molecular complexity index is 755. The highest BCUT2D eigenvalue weighted by Crippen LogP contribution is 2.25. The molecule has 0 aliphatic rings. The second-order valence-electron chi connectivity index (χ2n) is 5.50. The Morgan fingerprint density at radius 1 is 1.31 bits per heavy atom. The Morgan fingerprint density at radius 3 is 2.81 bits per heavy atom. The van der Waals surface area contributed by atoms with E-state index in [1.54, 1.807) is 19.4 Å². The summed E-state index contributed by atoms with van der Waals surface area (Å²) in [7, 11) is 1.62. The average Bonchev–Trinajstić information content (AvgIpc) is 2.64. The van der Waals surface area contributed by atoms with Crippen molar-refractivity contribution in [2.45, 2.75) is 13.3 Å². The predicted octanol–water partition coefficient (Wildman–Crippen LogP) is 2.02. The molecular formula is C18H23FN4O3. The van der Waals surface area contributed by atoms with E-state index in [-0.39, 0.29) is 5.56 Å². The van der Waals surface area contributed by atoms with Gasteiger partial charge in [-0.25, -0.2) is 14.4 Å². The molecule has 2 aromatic rings. The molecule has 2 rings (SSSR count). The van der Waals surface area contributed by atoms with Crippen LogP contribution in [-0.4, -0.2) is 49.4 Å². The number of primary amides is 1. The van der Waals surface area contributed by atoms with Crippen LogP contribution in [0.25, 0.3) is 11.1 Å². The first-order valence-electron chi connectivity index (χ1n) is 8.33. The van der Waals surface area contributed by atoms with Gasteiger partial charge in [0, 0.05) is 25.4 Å². The number of nitrogens with one attached hydrogen (secondary N) is 1. The summed E-state index contributed by atoms with van der Waals surface area (Å²) in [6, 6.07) is 4.22. The number of aryl methyl sites for hydroxylation is 1. The monoisotopic (exact) mass is 362 g/mol. The molecule has 1 heterocycles. The van der Waals surface area contributed by atoms with Gasteiger partial charge in [-0.15, -0.1) is 0 Å². The fourth-order valence-electron chi connectivity index (χ4n) is 2.37. The highest BCUT2D eigenvalue weighted by Gasteiger charge is 2.13. The number of aromatic nitrogens is 2. The highest BCUT2D eigenvalue weighted by molar-refractivity contribution is 5.94. The maximum atomic E-state index is 13.7. The van der Waals surface area contributed by atoms with Gasteiger partial charge in [-0.05, 0) is 24.1 Å². The minimum atomic E-state index is -0.810. The molecule has 3 N–H and O–H groups in total. The third-order valence-electron chi connectivity index (χ3n) is 3.71. The first-order chi connectivity index (χ1) is 12.6. The minimum Gasteiger partial charge on any atom is -0.382 e. The lowest BCUT2D eigenvalue weighted by Crippen LogP contribution is -2.14. The Balaban J connectivity index is 2.11. The van der Waals surface area contributed by atoms with E-state index in [1.807, 2.05) is 6.92 Å². The quantitative estimate of drug-likeness (QED) is 0.627. The summed E-state index contributed by atoms with van der Waals surface area (Å²) in [5, 5.41) is 3.09. The van der Waals surface area contributed by atoms with E-state index >= 15 is 0 Å². The Kier molecular flexibility index (Phi) is 7.43. The molecule has 8 heteroatoms. The standard InChI is InChI=1S/C18H23FN4O3/c1-3-16-14(12-4-5-15(19)13(10-12)17(20)24)11-22-18(23-16)21-6-7-26-9-8-25-2/h4-5,10-11H,3,6-9H2,1-2H3,(H2,20,24)(H,21,22,23). The van der Waals surface area contributed by atoms with Crippen molar-refractivity contribution in [3.8, 4) is 11.1 Å². The molecule has 0 aliphatic heterocycles. The number of nitrogens with two attached hydrogens (primary N) is 1. The second-order valence-corrected chi connectivity index (χ2v) is 5.50. The summed E-state index contributed by atoms with van der Waals surface area (Å²) >= 11 is 0. The van der Waals surface area contributed by atoms with Gasteiger partial charge in [0.2, 0.25) is 5.95 Å². The molecule has 1 amide bonds. The van der Waals surface area contributed by atoms with E-state index in [4.69, 9.17) is 15.2 Å². The molecule has 0 bridgehead atoms. The SMILES string of the molecule is CCc1nc(NCCOCCOC)ncc1-c1ccc(F)c(C(N)=O)c1. The zero-order valence-electron chi connectivity index (χ0n) is 14.9. The van der Waals surface area contributed by atoms with Crippen molar-refractivity contribution in [3.63, 3.8) is 0 Å². The lowest BCUT2D eigenvalue weighted by molar-refractivity contribution is 0.0759.